The molecule has 0 aromatic heterocycles. The third kappa shape index (κ3) is 3.93. The number of aliphatic hydroxyl groups is 2. The lowest BCUT2D eigenvalue weighted by Gasteiger charge is -2.59. The molecular formula is C32H52O6. The number of fused-ring (bicyclic) bond motifs is 6. The van der Waals surface area contributed by atoms with E-state index in [9.17, 15) is 19.8 Å². The molecule has 2 saturated heterocycles. The first kappa shape index (κ1) is 28.4. The average molecular weight is 533 g/mol. The van der Waals surface area contributed by atoms with Gasteiger partial charge in [-0.05, 0) is 98.7 Å². The lowest BCUT2D eigenvalue weighted by atomic mass is 9.45. The maximum absolute atomic E-state index is 11.9. The molecule has 0 radical (unpaired) electrons. The van der Waals surface area contributed by atoms with Gasteiger partial charge in [-0.25, -0.2) is 9.59 Å². The zero-order chi connectivity index (χ0) is 28.1. The topological polar surface area (TPSA) is 93.1 Å². The van der Waals surface area contributed by atoms with Gasteiger partial charge >= 0.3 is 11.9 Å². The summed E-state index contributed by atoms with van der Waals surface area (Å²) in [4.78, 5) is 23.7. The minimum Gasteiger partial charge on any atom is -0.457 e. The lowest BCUT2D eigenvalue weighted by Crippen LogP contribution is -2.58. The third-order valence-electron chi connectivity index (χ3n) is 12.9. The minimum absolute atomic E-state index is 0.0281. The second-order valence-electron chi connectivity index (χ2n) is 16.2. The number of carbonyl (C=O) groups is 2. The molecule has 0 unspecified atom stereocenters. The molecule has 0 spiro atoms. The predicted molar refractivity (Wildman–Crippen MR) is 145 cm³/mol. The highest BCUT2D eigenvalue weighted by Gasteiger charge is 2.67. The Bertz CT molecular complexity index is 910. The maximum Gasteiger partial charge on any atom is 0.335 e. The highest BCUT2D eigenvalue weighted by Crippen LogP contribution is 2.66. The molecule has 2 N–H and O–H groups in total. The normalized spacial score (nSPS) is 52.3. The number of carbonyl (C=O) groups excluding carboxylic acids is 2. The van der Waals surface area contributed by atoms with E-state index in [2.05, 4.69) is 41.5 Å². The monoisotopic (exact) mass is 532 g/mol. The molecule has 0 amide bonds. The Labute approximate surface area is 229 Å². The van der Waals surface area contributed by atoms with E-state index < -0.39 is 35.3 Å². The molecule has 0 aromatic carbocycles. The highest BCUT2D eigenvalue weighted by molar-refractivity contribution is 5.79. The summed E-state index contributed by atoms with van der Waals surface area (Å²) in [5.74, 6) is 0.277. The van der Waals surface area contributed by atoms with Crippen LogP contribution in [-0.4, -0.2) is 45.6 Å². The van der Waals surface area contributed by atoms with E-state index in [1.165, 1.54) is 25.7 Å². The zero-order valence-corrected chi connectivity index (χ0v) is 25.1. The van der Waals surface area contributed by atoms with Crippen molar-refractivity contribution in [3.05, 3.63) is 0 Å². The highest BCUT2D eigenvalue weighted by atomic mass is 16.6. The molecule has 10 atom stereocenters. The van der Waals surface area contributed by atoms with E-state index in [0.717, 1.165) is 38.5 Å². The molecule has 6 aliphatic rings. The van der Waals surface area contributed by atoms with Crippen molar-refractivity contribution in [1.82, 2.24) is 0 Å². The number of ether oxygens (including phenoxy) is 2. The molecule has 38 heavy (non-hydrogen) atoms. The van der Waals surface area contributed by atoms with Crippen molar-refractivity contribution in [3.63, 3.8) is 0 Å². The Morgan fingerprint density at radius 3 is 1.26 bits per heavy atom. The number of rotatable bonds is 0. The van der Waals surface area contributed by atoms with Gasteiger partial charge in [0.25, 0.3) is 0 Å². The van der Waals surface area contributed by atoms with Crippen LogP contribution in [0.25, 0.3) is 0 Å². The van der Waals surface area contributed by atoms with Gasteiger partial charge in [0.2, 0.25) is 0 Å². The molecule has 4 saturated carbocycles. The van der Waals surface area contributed by atoms with E-state index in [1.54, 1.807) is 0 Å². The molecule has 6 nitrogen and oxygen atoms in total. The Morgan fingerprint density at radius 2 is 0.921 bits per heavy atom. The van der Waals surface area contributed by atoms with Crippen LogP contribution < -0.4 is 0 Å². The van der Waals surface area contributed by atoms with E-state index in [1.807, 2.05) is 13.8 Å². The van der Waals surface area contributed by atoms with Gasteiger partial charge < -0.3 is 19.7 Å². The van der Waals surface area contributed by atoms with E-state index in [4.69, 9.17) is 9.47 Å². The molecule has 2 aliphatic heterocycles. The number of hydrogen-bond donors (Lipinski definition) is 2. The van der Waals surface area contributed by atoms with Crippen LogP contribution in [0.1, 0.15) is 120 Å². The second kappa shape index (κ2) is 8.68. The van der Waals surface area contributed by atoms with Crippen LogP contribution in [0.15, 0.2) is 0 Å². The van der Waals surface area contributed by atoms with Gasteiger partial charge in [0, 0.05) is 11.8 Å². The van der Waals surface area contributed by atoms with Crippen LogP contribution in [0.4, 0.5) is 0 Å². The lowest BCUT2D eigenvalue weighted by molar-refractivity contribution is -0.167. The molecule has 0 aromatic rings. The quantitative estimate of drug-likeness (QED) is 0.383. The summed E-state index contributed by atoms with van der Waals surface area (Å²) in [6.45, 7) is 18.0. The summed E-state index contributed by atoms with van der Waals surface area (Å²) in [5, 5.41) is 20.7. The van der Waals surface area contributed by atoms with Crippen molar-refractivity contribution in [2.75, 3.05) is 0 Å². The summed E-state index contributed by atoms with van der Waals surface area (Å²) in [6, 6.07) is 0. The smallest absolute Gasteiger partial charge is 0.335 e. The Balaban J connectivity index is 0.000000155. The van der Waals surface area contributed by atoms with Crippen molar-refractivity contribution < 1.29 is 29.3 Å². The van der Waals surface area contributed by atoms with Crippen molar-refractivity contribution >= 4 is 11.9 Å². The summed E-state index contributed by atoms with van der Waals surface area (Å²) in [7, 11) is 0. The van der Waals surface area contributed by atoms with Gasteiger partial charge in [-0.2, -0.15) is 0 Å². The van der Waals surface area contributed by atoms with Gasteiger partial charge in [-0.15, -0.1) is 0 Å². The average Bonchev–Trinajstić information content (AvgIpc) is 3.15. The Morgan fingerprint density at radius 1 is 0.579 bits per heavy atom. The molecule has 6 fully saturated rings. The fraction of sp³-hybridized carbons (Fsp3) is 0.938. The van der Waals surface area contributed by atoms with Crippen molar-refractivity contribution in [2.24, 2.45) is 45.3 Å². The summed E-state index contributed by atoms with van der Waals surface area (Å²) < 4.78 is 11.1. The predicted octanol–water partition coefficient (Wildman–Crippen LogP) is 5.81. The van der Waals surface area contributed by atoms with E-state index in [-0.39, 0.29) is 22.7 Å². The van der Waals surface area contributed by atoms with Gasteiger partial charge in [0.15, 0.2) is 12.2 Å². The Hall–Kier alpha value is -1.14. The van der Waals surface area contributed by atoms with Crippen LogP contribution in [0.3, 0.4) is 0 Å². The van der Waals surface area contributed by atoms with Gasteiger partial charge in [0.05, 0.1) is 0 Å². The molecule has 0 bridgehead atoms. The van der Waals surface area contributed by atoms with Crippen LogP contribution >= 0.6 is 0 Å². The van der Waals surface area contributed by atoms with Gasteiger partial charge in [-0.3, -0.25) is 0 Å². The molecule has 6 rings (SSSR count). The van der Waals surface area contributed by atoms with Crippen molar-refractivity contribution in [3.8, 4) is 0 Å². The SMILES string of the molecule is CC1(C)CCC[C@]2(C)[C@H]3[C@H](O)C(=O)O[C@]3(C)CC[C@@H]12.CC1(C)CCC[C@]2(C)[C@H]3[C@H](O)C(=O)O[C@]3(C)CC[C@@H]12. The zero-order valence-electron chi connectivity index (χ0n) is 25.1. The second-order valence-corrected chi connectivity index (χ2v) is 16.2. The minimum atomic E-state index is -0.924. The van der Waals surface area contributed by atoms with Crippen molar-refractivity contribution in [2.45, 2.75) is 143 Å². The third-order valence-corrected chi connectivity index (χ3v) is 12.9. The van der Waals surface area contributed by atoms with Crippen LogP contribution in [0.2, 0.25) is 0 Å². The number of esters is 2. The fourth-order valence-electron chi connectivity index (χ4n) is 11.6. The molecule has 4 aliphatic carbocycles. The summed E-state index contributed by atoms with van der Waals surface area (Å²) in [5.41, 5.74) is -0.232. The van der Waals surface area contributed by atoms with Gasteiger partial charge in [0.1, 0.15) is 11.2 Å². The summed E-state index contributed by atoms with van der Waals surface area (Å²) >= 11 is 0. The molecular weight excluding hydrogens is 480 g/mol. The van der Waals surface area contributed by atoms with Crippen molar-refractivity contribution in [1.29, 1.82) is 0 Å². The Kier molecular flexibility index (Phi) is 6.48. The summed E-state index contributed by atoms with van der Waals surface area (Å²) in [6.07, 6.45) is 9.24. The number of aliphatic hydroxyl groups excluding tert-OH is 2. The van der Waals surface area contributed by atoms with Crippen LogP contribution in [0.5, 0.6) is 0 Å². The molecule has 6 heteroatoms. The van der Waals surface area contributed by atoms with Crippen LogP contribution in [0, 0.1) is 45.3 Å². The first-order valence-corrected chi connectivity index (χ1v) is 15.2. The maximum atomic E-state index is 11.9. The first-order valence-electron chi connectivity index (χ1n) is 15.2. The number of hydrogen-bond acceptors (Lipinski definition) is 6. The molecule has 216 valence electrons. The van der Waals surface area contributed by atoms with E-state index >= 15 is 0 Å². The fourth-order valence-corrected chi connectivity index (χ4v) is 11.6. The van der Waals surface area contributed by atoms with Crippen LogP contribution in [-0.2, 0) is 19.1 Å². The standard InChI is InChI=1S/2C16H26O3/c2*1-14(2)7-5-8-15(3)10(14)6-9-16(4)12(15)11(17)13(18)19-16/h2*10-12,17H,5-9H2,1-4H3/t2*10-,11-,12+,15-,16+/m00/s1. The molecule has 2 heterocycles. The first-order chi connectivity index (χ1) is 17.4. The van der Waals surface area contributed by atoms with Gasteiger partial charge in [-0.1, -0.05) is 54.4 Å². The van der Waals surface area contributed by atoms with E-state index in [0.29, 0.717) is 22.7 Å². The largest absolute Gasteiger partial charge is 0.457 e.